The number of fused-ring (bicyclic) bond motifs is 2. The van der Waals surface area contributed by atoms with Gasteiger partial charge in [-0.2, -0.15) is 0 Å². The number of carbonyl (C=O) groups is 2. The van der Waals surface area contributed by atoms with Crippen LogP contribution in [0.5, 0.6) is 23.0 Å². The lowest BCUT2D eigenvalue weighted by atomic mass is 9.77. The molecule has 0 bridgehead atoms. The number of carbonyl (C=O) groups excluding carboxylic acids is 2. The highest BCUT2D eigenvalue weighted by Crippen LogP contribution is 2.49. The van der Waals surface area contributed by atoms with Crippen LogP contribution in [0.25, 0.3) is 0 Å². The van der Waals surface area contributed by atoms with Crippen LogP contribution in [-0.4, -0.2) is 11.9 Å². The number of ether oxygens (including phenoxy) is 3. The van der Waals surface area contributed by atoms with Crippen molar-refractivity contribution in [1.82, 2.24) is 0 Å². The Labute approximate surface area is 292 Å². The first-order chi connectivity index (χ1) is 22.6. The van der Waals surface area contributed by atoms with Crippen LogP contribution in [0.3, 0.4) is 0 Å². The lowest BCUT2D eigenvalue weighted by Crippen LogP contribution is -2.17. The molecule has 0 aliphatic carbocycles. The van der Waals surface area contributed by atoms with Gasteiger partial charge in [-0.1, -0.05) is 132 Å². The van der Waals surface area contributed by atoms with Crippen molar-refractivity contribution in [3.05, 3.63) is 117 Å². The van der Waals surface area contributed by atoms with Crippen LogP contribution in [0.15, 0.2) is 72.8 Å². The molecule has 2 aliphatic heterocycles. The highest BCUT2D eigenvalue weighted by Gasteiger charge is 2.41. The zero-order valence-electron chi connectivity index (χ0n) is 31.1. The fourth-order valence-electron chi connectivity index (χ4n) is 6.74. The normalized spacial score (nSPS) is 17.8. The summed E-state index contributed by atoms with van der Waals surface area (Å²) in [5.41, 5.74) is 7.50. The fourth-order valence-corrected chi connectivity index (χ4v) is 6.74. The minimum Gasteiger partial charge on any atom is -0.457 e. The molecule has 5 nitrogen and oxygen atoms in total. The third-order valence-electron chi connectivity index (χ3n) is 9.74. The standard InChI is InChI=1S/C44H50O5/c1-41(2,3)27-21-31-35(39(45)48-37(31)33(23-27)43(7,8)9)25-13-17-29(18-14-25)47-30-19-15-26(16-20-30)36-32-22-28(42(4,5)6)24-34(44(10,11)12)38(32)49-40(36)46/h13-24,35-36H,1-12H3. The molecule has 0 N–H and O–H groups in total. The van der Waals surface area contributed by atoms with Gasteiger partial charge in [-0.15, -0.1) is 0 Å². The van der Waals surface area contributed by atoms with Gasteiger partial charge in [0, 0.05) is 22.3 Å². The molecular formula is C44H50O5. The van der Waals surface area contributed by atoms with Gasteiger partial charge in [0.2, 0.25) is 0 Å². The summed E-state index contributed by atoms with van der Waals surface area (Å²) in [5, 5.41) is 0. The molecule has 2 aliphatic rings. The molecule has 0 amide bonds. The summed E-state index contributed by atoms with van der Waals surface area (Å²) in [6.45, 7) is 26.1. The maximum Gasteiger partial charge on any atom is 0.323 e. The highest BCUT2D eigenvalue weighted by atomic mass is 16.5. The molecule has 2 heterocycles. The van der Waals surface area contributed by atoms with E-state index in [1.165, 1.54) is 11.1 Å². The van der Waals surface area contributed by atoms with Crippen molar-refractivity contribution < 1.29 is 23.8 Å². The van der Waals surface area contributed by atoms with E-state index in [9.17, 15) is 9.59 Å². The first kappa shape index (κ1) is 34.5. The Balaban J connectivity index is 1.26. The Hall–Kier alpha value is -4.38. The monoisotopic (exact) mass is 658 g/mol. The largest absolute Gasteiger partial charge is 0.457 e. The lowest BCUT2D eigenvalue weighted by Gasteiger charge is -2.27. The van der Waals surface area contributed by atoms with Crippen LogP contribution >= 0.6 is 0 Å². The second kappa shape index (κ2) is 11.6. The molecule has 5 heteroatoms. The topological polar surface area (TPSA) is 61.8 Å². The van der Waals surface area contributed by atoms with E-state index in [1.54, 1.807) is 0 Å². The van der Waals surface area contributed by atoms with E-state index in [-0.39, 0.29) is 33.6 Å². The molecular weight excluding hydrogens is 608 g/mol. The van der Waals surface area contributed by atoms with Crippen molar-refractivity contribution in [1.29, 1.82) is 0 Å². The minimum atomic E-state index is -0.502. The number of benzene rings is 4. The average Bonchev–Trinajstić information content (AvgIpc) is 3.50. The SMILES string of the molecule is CC(C)(C)c1cc2c(c(C(C)(C)C)c1)OC(=O)C2c1ccc(Oc2ccc(C3C(=O)Oc4c3cc(C(C)(C)C)cc4C(C)(C)C)cc2)cc1. The average molecular weight is 659 g/mol. The van der Waals surface area contributed by atoms with Crippen molar-refractivity contribution in [3.63, 3.8) is 0 Å². The highest BCUT2D eigenvalue weighted by molar-refractivity contribution is 5.91. The summed E-state index contributed by atoms with van der Waals surface area (Å²) in [5.74, 6) is 1.16. The van der Waals surface area contributed by atoms with E-state index in [1.807, 2.05) is 48.5 Å². The van der Waals surface area contributed by atoms with Gasteiger partial charge in [0.25, 0.3) is 0 Å². The number of hydrogen-bond donors (Lipinski definition) is 0. The summed E-state index contributed by atoms with van der Waals surface area (Å²) < 4.78 is 18.1. The quantitative estimate of drug-likeness (QED) is 0.161. The molecule has 0 spiro atoms. The Morgan fingerprint density at radius 3 is 1.08 bits per heavy atom. The molecule has 0 aromatic heterocycles. The summed E-state index contributed by atoms with van der Waals surface area (Å²) in [4.78, 5) is 26.7. The molecule has 2 atom stereocenters. The van der Waals surface area contributed by atoms with E-state index < -0.39 is 11.8 Å². The van der Waals surface area contributed by atoms with E-state index in [0.717, 1.165) is 33.4 Å². The van der Waals surface area contributed by atoms with Gasteiger partial charge in [0.15, 0.2) is 0 Å². The second-order valence-electron chi connectivity index (χ2n) is 17.8. The fraction of sp³-hybridized carbons (Fsp3) is 0.409. The Kier molecular flexibility index (Phi) is 8.17. The zero-order valence-corrected chi connectivity index (χ0v) is 31.1. The van der Waals surface area contributed by atoms with Crippen LogP contribution in [0, 0.1) is 0 Å². The zero-order chi connectivity index (χ0) is 35.8. The molecule has 0 radical (unpaired) electrons. The minimum absolute atomic E-state index is 0.0787. The van der Waals surface area contributed by atoms with Gasteiger partial charge in [-0.25, -0.2) is 0 Å². The molecule has 0 fully saturated rings. The first-order valence-corrected chi connectivity index (χ1v) is 17.3. The molecule has 0 saturated heterocycles. The van der Waals surface area contributed by atoms with Gasteiger partial charge in [-0.3, -0.25) is 9.59 Å². The molecule has 4 aromatic rings. The Bertz CT molecular complexity index is 1790. The van der Waals surface area contributed by atoms with E-state index in [2.05, 4.69) is 107 Å². The van der Waals surface area contributed by atoms with Crippen molar-refractivity contribution in [2.75, 3.05) is 0 Å². The predicted molar refractivity (Wildman–Crippen MR) is 196 cm³/mol. The van der Waals surface area contributed by atoms with E-state index in [0.29, 0.717) is 23.0 Å². The Morgan fingerprint density at radius 2 is 0.796 bits per heavy atom. The van der Waals surface area contributed by atoms with Crippen molar-refractivity contribution >= 4 is 11.9 Å². The van der Waals surface area contributed by atoms with Crippen molar-refractivity contribution in [3.8, 4) is 23.0 Å². The summed E-state index contributed by atoms with van der Waals surface area (Å²) in [6.07, 6.45) is 0. The first-order valence-electron chi connectivity index (χ1n) is 17.3. The van der Waals surface area contributed by atoms with Crippen LogP contribution in [0.4, 0.5) is 0 Å². The van der Waals surface area contributed by atoms with Gasteiger partial charge in [-0.05, 0) is 68.2 Å². The van der Waals surface area contributed by atoms with Gasteiger partial charge in [0.05, 0.1) is 0 Å². The third-order valence-corrected chi connectivity index (χ3v) is 9.74. The van der Waals surface area contributed by atoms with Crippen LogP contribution in [0.1, 0.15) is 139 Å². The maximum absolute atomic E-state index is 13.3. The molecule has 2 unspecified atom stereocenters. The summed E-state index contributed by atoms with van der Waals surface area (Å²) in [7, 11) is 0. The molecule has 49 heavy (non-hydrogen) atoms. The van der Waals surface area contributed by atoms with E-state index >= 15 is 0 Å². The number of hydrogen-bond acceptors (Lipinski definition) is 5. The third kappa shape index (κ3) is 6.52. The molecule has 4 aromatic carbocycles. The molecule has 256 valence electrons. The van der Waals surface area contributed by atoms with Gasteiger partial charge < -0.3 is 14.2 Å². The predicted octanol–water partition coefficient (Wildman–Crippen LogP) is 10.8. The molecule has 0 saturated carbocycles. The molecule has 6 rings (SSSR count). The lowest BCUT2D eigenvalue weighted by molar-refractivity contribution is -0.134. The summed E-state index contributed by atoms with van der Waals surface area (Å²) in [6, 6.07) is 24.0. The smallest absolute Gasteiger partial charge is 0.323 e. The van der Waals surface area contributed by atoms with Gasteiger partial charge >= 0.3 is 11.9 Å². The second-order valence-corrected chi connectivity index (χ2v) is 17.8. The van der Waals surface area contributed by atoms with Crippen LogP contribution in [0.2, 0.25) is 0 Å². The number of esters is 2. The number of rotatable bonds is 4. The summed E-state index contributed by atoms with van der Waals surface area (Å²) >= 11 is 0. The Morgan fingerprint density at radius 1 is 0.469 bits per heavy atom. The van der Waals surface area contributed by atoms with Crippen molar-refractivity contribution in [2.24, 2.45) is 0 Å². The van der Waals surface area contributed by atoms with Gasteiger partial charge in [0.1, 0.15) is 34.8 Å². The maximum atomic E-state index is 13.3. The van der Waals surface area contributed by atoms with Crippen LogP contribution < -0.4 is 14.2 Å². The van der Waals surface area contributed by atoms with E-state index in [4.69, 9.17) is 14.2 Å². The van der Waals surface area contributed by atoms with Crippen LogP contribution in [-0.2, 0) is 31.2 Å². The van der Waals surface area contributed by atoms with Crippen molar-refractivity contribution in [2.45, 2.75) is 117 Å².